The summed E-state index contributed by atoms with van der Waals surface area (Å²) >= 11 is 0. The van der Waals surface area contributed by atoms with Gasteiger partial charge in [0.1, 0.15) is 0 Å². The zero-order valence-corrected chi connectivity index (χ0v) is 9.08. The van der Waals surface area contributed by atoms with Crippen molar-refractivity contribution in [1.82, 2.24) is 10.2 Å². The number of imide groups is 1. The van der Waals surface area contributed by atoms with Crippen molar-refractivity contribution in [3.8, 4) is 0 Å². The van der Waals surface area contributed by atoms with Gasteiger partial charge in [-0.25, -0.2) is 4.79 Å². The molecule has 1 rings (SSSR count). The van der Waals surface area contributed by atoms with Crippen LogP contribution in [0.2, 0.25) is 0 Å². The van der Waals surface area contributed by atoms with E-state index >= 15 is 0 Å². The molecule has 0 aromatic carbocycles. The van der Waals surface area contributed by atoms with E-state index in [0.717, 1.165) is 19.3 Å². The lowest BCUT2D eigenvalue weighted by molar-refractivity contribution is -0.132. The Labute approximate surface area is 88.8 Å². The van der Waals surface area contributed by atoms with E-state index in [1.54, 1.807) is 0 Å². The third-order valence-electron chi connectivity index (χ3n) is 2.87. The van der Waals surface area contributed by atoms with Gasteiger partial charge in [0.15, 0.2) is 11.8 Å². The first-order valence-electron chi connectivity index (χ1n) is 5.14. The summed E-state index contributed by atoms with van der Waals surface area (Å²) in [5, 5.41) is 2.15. The minimum absolute atomic E-state index is 0.401. The number of carbonyl (C=O) groups is 3. The fourth-order valence-electron chi connectivity index (χ4n) is 1.74. The van der Waals surface area contributed by atoms with Crippen molar-refractivity contribution in [2.45, 2.75) is 38.1 Å². The zero-order chi connectivity index (χ0) is 11.5. The molecule has 0 aliphatic carbocycles. The van der Waals surface area contributed by atoms with E-state index in [4.69, 9.17) is 0 Å². The van der Waals surface area contributed by atoms with Crippen molar-refractivity contribution in [3.63, 3.8) is 0 Å². The van der Waals surface area contributed by atoms with Crippen molar-refractivity contribution < 1.29 is 14.4 Å². The predicted octanol–water partition coefficient (Wildman–Crippen LogP) is 0.686. The van der Waals surface area contributed by atoms with E-state index in [0.29, 0.717) is 12.7 Å². The Hall–Kier alpha value is -1.39. The van der Waals surface area contributed by atoms with Gasteiger partial charge < -0.3 is 9.69 Å². The SMILES string of the molecule is CCCCCC1(C=O)C(=O)NC(=O)N1C. The van der Waals surface area contributed by atoms with Crippen molar-refractivity contribution >= 4 is 18.2 Å². The molecule has 0 bridgehead atoms. The van der Waals surface area contributed by atoms with Gasteiger partial charge in [0, 0.05) is 7.05 Å². The molecule has 1 aliphatic heterocycles. The van der Waals surface area contributed by atoms with Crippen LogP contribution in [0.3, 0.4) is 0 Å². The maximum atomic E-state index is 11.5. The topological polar surface area (TPSA) is 66.5 Å². The van der Waals surface area contributed by atoms with Crippen molar-refractivity contribution in [3.05, 3.63) is 0 Å². The van der Waals surface area contributed by atoms with E-state index in [2.05, 4.69) is 5.32 Å². The third kappa shape index (κ3) is 1.86. The fraction of sp³-hybridized carbons (Fsp3) is 0.700. The summed E-state index contributed by atoms with van der Waals surface area (Å²) in [6, 6.07) is -0.497. The zero-order valence-electron chi connectivity index (χ0n) is 9.08. The average molecular weight is 212 g/mol. The number of carbonyl (C=O) groups excluding carboxylic acids is 3. The number of hydrogen-bond donors (Lipinski definition) is 1. The van der Waals surface area contributed by atoms with E-state index in [9.17, 15) is 14.4 Å². The first kappa shape index (κ1) is 11.7. The van der Waals surface area contributed by atoms with Crippen LogP contribution in [0.5, 0.6) is 0 Å². The lowest BCUT2D eigenvalue weighted by Gasteiger charge is -2.26. The fourth-order valence-corrected chi connectivity index (χ4v) is 1.74. The molecule has 1 heterocycles. The molecule has 0 radical (unpaired) electrons. The normalized spacial score (nSPS) is 25.6. The molecule has 5 nitrogen and oxygen atoms in total. The number of amides is 3. The standard InChI is InChI=1S/C10H16N2O3/c1-3-4-5-6-10(7-13)8(14)11-9(15)12(10)2/h7H,3-6H2,1-2H3,(H,11,14,15). The third-order valence-corrected chi connectivity index (χ3v) is 2.87. The average Bonchev–Trinajstić information content (AvgIpc) is 2.42. The number of rotatable bonds is 5. The Balaban J connectivity index is 2.78. The van der Waals surface area contributed by atoms with Crippen LogP contribution in [0.25, 0.3) is 0 Å². The number of unbranched alkanes of at least 4 members (excludes halogenated alkanes) is 2. The predicted molar refractivity (Wildman–Crippen MR) is 54.2 cm³/mol. The molecule has 3 amide bonds. The van der Waals surface area contributed by atoms with Crippen LogP contribution in [0, 0.1) is 0 Å². The molecule has 0 saturated carbocycles. The quantitative estimate of drug-likeness (QED) is 0.315. The highest BCUT2D eigenvalue weighted by molar-refractivity contribution is 6.15. The molecule has 1 N–H and O–H groups in total. The first-order chi connectivity index (χ1) is 7.08. The van der Waals surface area contributed by atoms with Gasteiger partial charge >= 0.3 is 6.03 Å². The minimum Gasteiger partial charge on any atom is -0.306 e. The summed E-state index contributed by atoms with van der Waals surface area (Å²) in [6.45, 7) is 2.04. The smallest absolute Gasteiger partial charge is 0.306 e. The molecule has 1 saturated heterocycles. The lowest BCUT2D eigenvalue weighted by atomic mass is 9.93. The summed E-state index contributed by atoms with van der Waals surface area (Å²) in [5.41, 5.74) is -1.27. The highest BCUT2D eigenvalue weighted by Gasteiger charge is 2.50. The molecule has 1 atom stereocenters. The Kier molecular flexibility index (Phi) is 3.44. The second kappa shape index (κ2) is 4.42. The van der Waals surface area contributed by atoms with Gasteiger partial charge in [-0.2, -0.15) is 0 Å². The highest BCUT2D eigenvalue weighted by atomic mass is 16.2. The number of nitrogens with one attached hydrogen (secondary N) is 1. The Morgan fingerprint density at radius 1 is 1.40 bits per heavy atom. The molecule has 1 fully saturated rings. The monoisotopic (exact) mass is 212 g/mol. The van der Waals surface area contributed by atoms with Crippen LogP contribution in [0.15, 0.2) is 0 Å². The molecule has 0 spiro atoms. The summed E-state index contributed by atoms with van der Waals surface area (Å²) in [6.07, 6.45) is 3.70. The van der Waals surface area contributed by atoms with Gasteiger partial charge in [0.25, 0.3) is 5.91 Å². The van der Waals surface area contributed by atoms with Gasteiger partial charge in [0.2, 0.25) is 0 Å². The molecular weight excluding hydrogens is 196 g/mol. The van der Waals surface area contributed by atoms with E-state index in [1.807, 2.05) is 6.92 Å². The Morgan fingerprint density at radius 2 is 2.07 bits per heavy atom. The molecule has 1 unspecified atom stereocenters. The minimum atomic E-state index is -1.27. The van der Waals surface area contributed by atoms with Gasteiger partial charge in [-0.3, -0.25) is 10.1 Å². The van der Waals surface area contributed by atoms with Gasteiger partial charge in [-0.05, 0) is 6.42 Å². The summed E-state index contributed by atoms with van der Waals surface area (Å²) < 4.78 is 0. The second-order valence-electron chi connectivity index (χ2n) is 3.82. The second-order valence-corrected chi connectivity index (χ2v) is 3.82. The van der Waals surface area contributed by atoms with Crippen LogP contribution >= 0.6 is 0 Å². The number of urea groups is 1. The maximum Gasteiger partial charge on any atom is 0.325 e. The largest absolute Gasteiger partial charge is 0.325 e. The van der Waals surface area contributed by atoms with E-state index in [1.165, 1.54) is 11.9 Å². The molecule has 84 valence electrons. The van der Waals surface area contributed by atoms with Gasteiger partial charge in [-0.1, -0.05) is 26.2 Å². The van der Waals surface area contributed by atoms with Gasteiger partial charge in [0.05, 0.1) is 0 Å². The van der Waals surface area contributed by atoms with Crippen molar-refractivity contribution in [2.24, 2.45) is 0 Å². The number of hydrogen-bond acceptors (Lipinski definition) is 3. The van der Waals surface area contributed by atoms with Crippen LogP contribution in [0.1, 0.15) is 32.6 Å². The molecular formula is C10H16N2O3. The molecule has 1 aliphatic rings. The number of nitrogens with zero attached hydrogens (tertiary/aromatic N) is 1. The summed E-state index contributed by atoms with van der Waals surface area (Å²) in [4.78, 5) is 35.0. The van der Waals surface area contributed by atoms with Crippen molar-refractivity contribution in [2.75, 3.05) is 7.05 Å². The maximum absolute atomic E-state index is 11.5. The van der Waals surface area contributed by atoms with Crippen LogP contribution < -0.4 is 5.32 Å². The van der Waals surface area contributed by atoms with E-state index in [-0.39, 0.29) is 0 Å². The van der Waals surface area contributed by atoms with Crippen molar-refractivity contribution in [1.29, 1.82) is 0 Å². The molecule has 0 aromatic heterocycles. The Morgan fingerprint density at radius 3 is 2.47 bits per heavy atom. The van der Waals surface area contributed by atoms with Crippen LogP contribution in [-0.4, -0.2) is 35.7 Å². The number of likely N-dealkylation sites (N-methyl/N-ethyl adjacent to an activating group) is 1. The summed E-state index contributed by atoms with van der Waals surface area (Å²) in [7, 11) is 1.47. The van der Waals surface area contributed by atoms with Crippen LogP contribution in [0.4, 0.5) is 4.79 Å². The highest BCUT2D eigenvalue weighted by Crippen LogP contribution is 2.24. The van der Waals surface area contributed by atoms with Gasteiger partial charge in [-0.15, -0.1) is 0 Å². The Bertz CT molecular complexity index is 290. The summed E-state index contributed by atoms with van der Waals surface area (Å²) in [5.74, 6) is -0.499. The molecule has 5 heteroatoms. The first-order valence-corrected chi connectivity index (χ1v) is 5.14. The van der Waals surface area contributed by atoms with E-state index < -0.39 is 17.5 Å². The molecule has 0 aromatic rings. The van der Waals surface area contributed by atoms with Crippen LogP contribution in [-0.2, 0) is 9.59 Å². The molecule has 15 heavy (non-hydrogen) atoms. The number of aldehydes is 1. The lowest BCUT2D eigenvalue weighted by Crippen LogP contribution is -2.49.